The fraction of sp³-hybridized carbons (Fsp3) is 0.533. The number of pyridine rings is 1. The molecule has 0 bridgehead atoms. The Morgan fingerprint density at radius 3 is 2.74 bits per heavy atom. The molecule has 0 aromatic carbocycles. The molecule has 0 saturated heterocycles. The highest BCUT2D eigenvalue weighted by Gasteiger charge is 2.17. The van der Waals surface area contributed by atoms with Gasteiger partial charge in [0, 0.05) is 12.3 Å². The summed E-state index contributed by atoms with van der Waals surface area (Å²) in [6, 6.07) is 1.62. The first kappa shape index (κ1) is 18.7. The maximum Gasteiger partial charge on any atom is 0.420 e. The van der Waals surface area contributed by atoms with Crippen molar-refractivity contribution in [2.75, 3.05) is 20.3 Å². The summed E-state index contributed by atoms with van der Waals surface area (Å²) in [4.78, 5) is 26.5. The van der Waals surface area contributed by atoms with E-state index in [0.29, 0.717) is 12.4 Å². The number of hydrogen-bond acceptors (Lipinski definition) is 7. The molecule has 1 heterocycles. The van der Waals surface area contributed by atoms with Crippen LogP contribution in [0.3, 0.4) is 0 Å². The molecule has 1 aromatic rings. The lowest BCUT2D eigenvalue weighted by atomic mass is 10.2. The third-order valence-corrected chi connectivity index (χ3v) is 2.91. The first-order chi connectivity index (χ1) is 11.1. The van der Waals surface area contributed by atoms with E-state index in [0.717, 1.165) is 25.7 Å². The van der Waals surface area contributed by atoms with Crippen LogP contribution in [0.1, 0.15) is 32.6 Å². The van der Waals surface area contributed by atoms with E-state index < -0.39 is 12.0 Å². The molecule has 0 radical (unpaired) electrons. The lowest BCUT2D eigenvalue weighted by molar-refractivity contribution is -0.118. The second-order valence-corrected chi connectivity index (χ2v) is 4.70. The molecule has 0 aliphatic rings. The van der Waals surface area contributed by atoms with Crippen molar-refractivity contribution in [2.45, 2.75) is 32.6 Å². The van der Waals surface area contributed by atoms with Gasteiger partial charge in [-0.25, -0.2) is 9.78 Å². The summed E-state index contributed by atoms with van der Waals surface area (Å²) in [5, 5.41) is 1.95. The molecule has 3 N–H and O–H groups in total. The number of methoxy groups -OCH3 is 1. The van der Waals surface area contributed by atoms with Gasteiger partial charge in [0.25, 0.3) is 5.88 Å². The molecule has 0 fully saturated rings. The second-order valence-electron chi connectivity index (χ2n) is 4.70. The topological polar surface area (TPSA) is 113 Å². The van der Waals surface area contributed by atoms with Gasteiger partial charge in [0.05, 0.1) is 20.3 Å². The second kappa shape index (κ2) is 10.4. The number of aromatic nitrogens is 1. The molecular weight excluding hydrogens is 302 g/mol. The highest BCUT2D eigenvalue weighted by Crippen LogP contribution is 2.35. The van der Waals surface area contributed by atoms with Gasteiger partial charge in [-0.2, -0.15) is 0 Å². The predicted octanol–water partition coefficient (Wildman–Crippen LogP) is 1.62. The van der Waals surface area contributed by atoms with E-state index >= 15 is 0 Å². The van der Waals surface area contributed by atoms with Crippen molar-refractivity contribution >= 4 is 12.0 Å². The Morgan fingerprint density at radius 2 is 2.09 bits per heavy atom. The van der Waals surface area contributed by atoms with Gasteiger partial charge >= 0.3 is 6.09 Å². The zero-order chi connectivity index (χ0) is 17.1. The smallest absolute Gasteiger partial charge is 0.420 e. The van der Waals surface area contributed by atoms with Crippen molar-refractivity contribution in [3.63, 3.8) is 0 Å². The Kier molecular flexibility index (Phi) is 8.45. The number of nitrogens with one attached hydrogen (secondary N) is 1. The normalized spacial score (nSPS) is 10.0. The molecule has 0 spiro atoms. The van der Waals surface area contributed by atoms with Crippen molar-refractivity contribution in [2.24, 2.45) is 5.73 Å². The SMILES string of the molecule is CCCCCCOc1ccnc(OC(=O)NC(=O)CN)c1OC. The monoisotopic (exact) mass is 325 g/mol. The Hall–Kier alpha value is -2.35. The zero-order valence-electron chi connectivity index (χ0n) is 13.5. The Labute approximate surface area is 135 Å². The number of hydrogen-bond donors (Lipinski definition) is 2. The maximum atomic E-state index is 11.5. The van der Waals surface area contributed by atoms with E-state index in [-0.39, 0.29) is 18.2 Å². The molecule has 0 unspecified atom stereocenters. The molecule has 0 atom stereocenters. The number of carbonyl (C=O) groups excluding carboxylic acids is 2. The van der Waals surface area contributed by atoms with Gasteiger partial charge in [0.2, 0.25) is 11.7 Å². The summed E-state index contributed by atoms with van der Waals surface area (Å²) in [7, 11) is 1.41. The average Bonchev–Trinajstić information content (AvgIpc) is 2.54. The van der Waals surface area contributed by atoms with Crippen molar-refractivity contribution in [3.05, 3.63) is 12.3 Å². The number of amides is 2. The summed E-state index contributed by atoms with van der Waals surface area (Å²) in [5.41, 5.74) is 5.10. The molecule has 0 saturated carbocycles. The number of rotatable bonds is 9. The van der Waals surface area contributed by atoms with Gasteiger partial charge in [-0.15, -0.1) is 0 Å². The van der Waals surface area contributed by atoms with Gasteiger partial charge in [-0.05, 0) is 6.42 Å². The quantitative estimate of drug-likeness (QED) is 0.663. The van der Waals surface area contributed by atoms with Crippen molar-refractivity contribution in [1.82, 2.24) is 10.3 Å². The zero-order valence-corrected chi connectivity index (χ0v) is 13.5. The minimum absolute atomic E-state index is 0.0825. The minimum Gasteiger partial charge on any atom is -0.489 e. The predicted molar refractivity (Wildman–Crippen MR) is 83.6 cm³/mol. The van der Waals surface area contributed by atoms with Gasteiger partial charge in [0.1, 0.15) is 0 Å². The number of nitrogens with zero attached hydrogens (tertiary/aromatic N) is 1. The van der Waals surface area contributed by atoms with Crippen molar-refractivity contribution < 1.29 is 23.8 Å². The Morgan fingerprint density at radius 1 is 1.30 bits per heavy atom. The van der Waals surface area contributed by atoms with E-state index in [1.54, 1.807) is 6.07 Å². The van der Waals surface area contributed by atoms with Gasteiger partial charge in [0.15, 0.2) is 5.75 Å². The molecule has 8 heteroatoms. The van der Waals surface area contributed by atoms with Crippen LogP contribution < -0.4 is 25.3 Å². The number of imide groups is 1. The molecule has 128 valence electrons. The number of carbonyl (C=O) groups is 2. The van der Waals surface area contributed by atoms with E-state index in [4.69, 9.17) is 19.9 Å². The summed E-state index contributed by atoms with van der Waals surface area (Å²) < 4.78 is 15.8. The van der Waals surface area contributed by atoms with Gasteiger partial charge in [-0.1, -0.05) is 26.2 Å². The van der Waals surface area contributed by atoms with Crippen LogP contribution in [0.25, 0.3) is 0 Å². The van der Waals surface area contributed by atoms with Crippen LogP contribution in [-0.2, 0) is 4.79 Å². The lowest BCUT2D eigenvalue weighted by Gasteiger charge is -2.13. The molecule has 23 heavy (non-hydrogen) atoms. The minimum atomic E-state index is -0.980. The highest BCUT2D eigenvalue weighted by atomic mass is 16.6. The van der Waals surface area contributed by atoms with Crippen molar-refractivity contribution in [3.8, 4) is 17.4 Å². The molecule has 2 amide bonds. The van der Waals surface area contributed by atoms with Gasteiger partial charge in [-0.3, -0.25) is 10.1 Å². The third-order valence-electron chi connectivity index (χ3n) is 2.91. The lowest BCUT2D eigenvalue weighted by Crippen LogP contribution is -2.37. The first-order valence-corrected chi connectivity index (χ1v) is 7.49. The van der Waals surface area contributed by atoms with Crippen LogP contribution in [-0.4, -0.2) is 37.2 Å². The maximum absolute atomic E-state index is 11.5. The fourth-order valence-corrected chi connectivity index (χ4v) is 1.78. The summed E-state index contributed by atoms with van der Waals surface area (Å²) in [5.74, 6) is -0.122. The molecule has 1 rings (SSSR count). The van der Waals surface area contributed by atoms with E-state index in [2.05, 4.69) is 11.9 Å². The summed E-state index contributed by atoms with van der Waals surface area (Å²) >= 11 is 0. The van der Waals surface area contributed by atoms with Crippen LogP contribution in [0.4, 0.5) is 4.79 Å². The number of ether oxygens (including phenoxy) is 3. The molecule has 0 aliphatic carbocycles. The molecule has 8 nitrogen and oxygen atoms in total. The van der Waals surface area contributed by atoms with Gasteiger partial charge < -0.3 is 19.9 Å². The van der Waals surface area contributed by atoms with Crippen LogP contribution >= 0.6 is 0 Å². The Balaban J connectivity index is 2.67. The molecular formula is C15H23N3O5. The molecule has 0 aliphatic heterocycles. The summed E-state index contributed by atoms with van der Waals surface area (Å²) in [6.45, 7) is 2.34. The standard InChI is InChI=1S/C15H23N3O5/c1-3-4-5-6-9-22-11-7-8-17-14(13(11)21-2)23-15(20)18-12(19)10-16/h7-8H,3-6,9-10,16H2,1-2H3,(H,18,19,20). The Bertz CT molecular complexity index is 522. The first-order valence-electron chi connectivity index (χ1n) is 7.49. The highest BCUT2D eigenvalue weighted by molar-refractivity contribution is 5.93. The van der Waals surface area contributed by atoms with Crippen LogP contribution in [0.5, 0.6) is 17.4 Å². The summed E-state index contributed by atoms with van der Waals surface area (Å²) in [6.07, 6.45) is 4.74. The third kappa shape index (κ3) is 6.52. The van der Waals surface area contributed by atoms with Crippen LogP contribution in [0.15, 0.2) is 12.3 Å². The van der Waals surface area contributed by atoms with E-state index in [1.165, 1.54) is 13.3 Å². The van der Waals surface area contributed by atoms with E-state index in [9.17, 15) is 9.59 Å². The van der Waals surface area contributed by atoms with Crippen LogP contribution in [0.2, 0.25) is 0 Å². The fourth-order valence-electron chi connectivity index (χ4n) is 1.78. The number of unbranched alkanes of at least 4 members (excludes halogenated alkanes) is 3. The van der Waals surface area contributed by atoms with Crippen molar-refractivity contribution in [1.29, 1.82) is 0 Å². The van der Waals surface area contributed by atoms with Crippen LogP contribution in [0, 0.1) is 0 Å². The number of nitrogens with two attached hydrogens (primary N) is 1. The largest absolute Gasteiger partial charge is 0.489 e. The molecule has 1 aromatic heterocycles. The van der Waals surface area contributed by atoms with E-state index in [1.807, 2.05) is 5.32 Å². The average molecular weight is 325 g/mol.